The Balaban J connectivity index is 2.08. The molecule has 0 aromatic carbocycles. The molecule has 13 heavy (non-hydrogen) atoms. The van der Waals surface area contributed by atoms with Crippen LogP contribution < -0.4 is 5.32 Å². The molecule has 5 heteroatoms. The smallest absolute Gasteiger partial charge is 0.376 e. The third-order valence-electron chi connectivity index (χ3n) is 3.45. The number of hydrogen-bond donors (Lipinski definition) is 2. The number of nitrogens with zero attached hydrogens (tertiary/aromatic N) is 1. The molecule has 2 unspecified atom stereocenters. The third kappa shape index (κ3) is 1.30. The van der Waals surface area contributed by atoms with E-state index < -0.39 is 13.2 Å². The van der Waals surface area contributed by atoms with Gasteiger partial charge in [-0.2, -0.15) is 0 Å². The number of piperidine rings is 1. The second kappa shape index (κ2) is 3.22. The molecule has 0 spiro atoms. The minimum absolute atomic E-state index is 0.000000000000000222. The van der Waals surface area contributed by atoms with E-state index in [0.29, 0.717) is 5.92 Å². The zero-order chi connectivity index (χ0) is 9.59. The molecular weight excluding hydrogens is 170 g/mol. The molecule has 0 amide bonds. The molecule has 1 aliphatic carbocycles. The van der Waals surface area contributed by atoms with E-state index in [2.05, 4.69) is 5.32 Å². The summed E-state index contributed by atoms with van der Waals surface area (Å²) in [6.45, 7) is 2.54. The lowest BCUT2D eigenvalue weighted by Crippen LogP contribution is -2.55. The highest BCUT2D eigenvalue weighted by Crippen LogP contribution is 2.39. The van der Waals surface area contributed by atoms with Crippen molar-refractivity contribution in [1.29, 1.82) is 0 Å². The average Bonchev–Trinajstić information content (AvgIpc) is 2.60. The Labute approximate surface area is 78.4 Å². The number of nitrogens with one attached hydrogen (secondary N) is 1. The van der Waals surface area contributed by atoms with Crippen molar-refractivity contribution in [2.45, 2.75) is 31.5 Å². The second-order valence-electron chi connectivity index (χ2n) is 4.15. The first-order valence-electron chi connectivity index (χ1n) is 4.90. The molecule has 74 valence electrons. The number of fused-ring (bicyclic) bond motifs is 2. The molecule has 2 bridgehead atoms. The molecule has 1 heterocycles. The second-order valence-corrected chi connectivity index (χ2v) is 4.15. The fourth-order valence-electron chi connectivity index (χ4n) is 2.82. The Morgan fingerprint density at radius 2 is 2.31 bits per heavy atom. The number of rotatable bonds is 2. The van der Waals surface area contributed by atoms with Gasteiger partial charge in [-0.15, -0.1) is 0 Å². The van der Waals surface area contributed by atoms with E-state index >= 15 is 0 Å². The maximum absolute atomic E-state index is 13.7. The van der Waals surface area contributed by atoms with Crippen LogP contribution in [0.5, 0.6) is 0 Å². The SMILES string of the molecule is CN[C@@H]1C2CC([C@H]1F)N(B(C)O)C2. The van der Waals surface area contributed by atoms with Gasteiger partial charge in [0.1, 0.15) is 6.17 Å². The van der Waals surface area contributed by atoms with Gasteiger partial charge in [0.15, 0.2) is 0 Å². The van der Waals surface area contributed by atoms with E-state index in [9.17, 15) is 9.41 Å². The monoisotopic (exact) mass is 186 g/mol. The average molecular weight is 186 g/mol. The van der Waals surface area contributed by atoms with Crippen LogP contribution in [0.3, 0.4) is 0 Å². The minimum Gasteiger partial charge on any atom is -0.437 e. The van der Waals surface area contributed by atoms with Crippen molar-refractivity contribution in [3.63, 3.8) is 0 Å². The van der Waals surface area contributed by atoms with E-state index in [1.165, 1.54) is 0 Å². The standard InChI is InChI=1S/C8H16BFN2O/c1-9(13)12-4-5-3-6(12)7(10)8(5)11-2/h5-8,11,13H,3-4H2,1-2H3/t5?,6?,7-,8-/m1/s1. The lowest BCUT2D eigenvalue weighted by Gasteiger charge is -2.34. The van der Waals surface area contributed by atoms with Gasteiger partial charge in [-0.25, -0.2) is 4.39 Å². The lowest BCUT2D eigenvalue weighted by molar-refractivity contribution is 0.138. The van der Waals surface area contributed by atoms with Crippen molar-refractivity contribution in [3.05, 3.63) is 0 Å². The summed E-state index contributed by atoms with van der Waals surface area (Å²) in [6.07, 6.45) is 0.0655. The number of hydrogen-bond acceptors (Lipinski definition) is 3. The molecule has 0 aromatic heterocycles. The van der Waals surface area contributed by atoms with E-state index in [0.717, 1.165) is 13.0 Å². The molecule has 2 N–H and O–H groups in total. The normalized spacial score (nSPS) is 44.3. The molecular formula is C8H16BFN2O. The molecule has 3 nitrogen and oxygen atoms in total. The van der Waals surface area contributed by atoms with Crippen molar-refractivity contribution in [2.75, 3.05) is 13.6 Å². The van der Waals surface area contributed by atoms with Gasteiger partial charge in [-0.05, 0) is 32.8 Å². The Bertz CT molecular complexity index is 203. The zero-order valence-corrected chi connectivity index (χ0v) is 8.07. The predicted molar refractivity (Wildman–Crippen MR) is 50.2 cm³/mol. The fourth-order valence-corrected chi connectivity index (χ4v) is 2.82. The van der Waals surface area contributed by atoms with Crippen LogP contribution in [0, 0.1) is 5.92 Å². The molecule has 1 saturated carbocycles. The van der Waals surface area contributed by atoms with E-state index in [1.54, 1.807) is 6.82 Å². The van der Waals surface area contributed by atoms with Crippen LogP contribution in [0.15, 0.2) is 0 Å². The van der Waals surface area contributed by atoms with Crippen molar-refractivity contribution in [3.8, 4) is 0 Å². The molecule has 2 fully saturated rings. The molecule has 0 aromatic rings. The van der Waals surface area contributed by atoms with Crippen molar-refractivity contribution in [1.82, 2.24) is 10.1 Å². The largest absolute Gasteiger partial charge is 0.437 e. The first-order valence-corrected chi connectivity index (χ1v) is 4.90. The Hall–Kier alpha value is -0.125. The van der Waals surface area contributed by atoms with E-state index in [4.69, 9.17) is 0 Å². The highest BCUT2D eigenvalue weighted by molar-refractivity contribution is 6.45. The van der Waals surface area contributed by atoms with Gasteiger partial charge in [0, 0.05) is 12.1 Å². The summed E-state index contributed by atoms with van der Waals surface area (Å²) < 4.78 is 13.7. The van der Waals surface area contributed by atoms with Crippen molar-refractivity contribution in [2.24, 2.45) is 5.92 Å². The van der Waals surface area contributed by atoms with Crippen molar-refractivity contribution >= 4 is 7.05 Å². The highest BCUT2D eigenvalue weighted by Gasteiger charge is 2.53. The molecule has 2 rings (SSSR count). The minimum atomic E-state index is -0.821. The Morgan fingerprint density at radius 3 is 2.77 bits per heavy atom. The quantitative estimate of drug-likeness (QED) is 0.582. The zero-order valence-electron chi connectivity index (χ0n) is 8.07. The highest BCUT2D eigenvalue weighted by atomic mass is 19.1. The van der Waals surface area contributed by atoms with Gasteiger partial charge < -0.3 is 15.2 Å². The number of halogens is 1. The molecule has 4 atom stereocenters. The molecule has 0 radical (unpaired) electrons. The van der Waals surface area contributed by atoms with Gasteiger partial charge in [0.05, 0.1) is 0 Å². The Morgan fingerprint density at radius 1 is 1.62 bits per heavy atom. The topological polar surface area (TPSA) is 35.5 Å². The molecule has 2 aliphatic rings. The van der Waals surface area contributed by atoms with Crippen LogP contribution in [0.4, 0.5) is 4.39 Å². The van der Waals surface area contributed by atoms with Crippen molar-refractivity contribution < 1.29 is 9.41 Å². The van der Waals surface area contributed by atoms with Crippen LogP contribution >= 0.6 is 0 Å². The predicted octanol–water partition coefficient (Wildman–Crippen LogP) is -0.273. The van der Waals surface area contributed by atoms with Gasteiger partial charge >= 0.3 is 7.05 Å². The van der Waals surface area contributed by atoms with Crippen LogP contribution in [0.2, 0.25) is 6.82 Å². The third-order valence-corrected chi connectivity index (χ3v) is 3.45. The lowest BCUT2D eigenvalue weighted by atomic mass is 9.82. The summed E-state index contributed by atoms with van der Waals surface area (Å²) in [5, 5.41) is 12.4. The van der Waals surface area contributed by atoms with Gasteiger partial charge in [0.25, 0.3) is 0 Å². The summed E-state index contributed by atoms with van der Waals surface area (Å²) in [4.78, 5) is 1.86. The molecule has 1 aliphatic heterocycles. The maximum Gasteiger partial charge on any atom is 0.376 e. The van der Waals surface area contributed by atoms with E-state index in [1.807, 2.05) is 11.9 Å². The van der Waals surface area contributed by atoms with Gasteiger partial charge in [-0.3, -0.25) is 0 Å². The van der Waals surface area contributed by atoms with Crippen LogP contribution in [0.25, 0.3) is 0 Å². The summed E-state index contributed by atoms with van der Waals surface area (Å²) in [5.41, 5.74) is 0. The van der Waals surface area contributed by atoms with Gasteiger partial charge in [-0.1, -0.05) is 0 Å². The first-order chi connectivity index (χ1) is 6.15. The Kier molecular flexibility index (Phi) is 2.34. The van der Waals surface area contributed by atoms with Crippen LogP contribution in [0.1, 0.15) is 6.42 Å². The summed E-state index contributed by atoms with van der Waals surface area (Å²) in [5.74, 6) is 0.375. The summed E-state index contributed by atoms with van der Waals surface area (Å²) in [6, 6.07) is -0.0672. The van der Waals surface area contributed by atoms with Gasteiger partial charge in [0.2, 0.25) is 0 Å². The fraction of sp³-hybridized carbons (Fsp3) is 1.00. The van der Waals surface area contributed by atoms with Crippen LogP contribution in [-0.2, 0) is 0 Å². The van der Waals surface area contributed by atoms with Crippen LogP contribution in [-0.4, -0.2) is 48.7 Å². The number of alkyl halides is 1. The van der Waals surface area contributed by atoms with E-state index in [-0.39, 0.29) is 12.1 Å². The summed E-state index contributed by atoms with van der Waals surface area (Å²) >= 11 is 0. The summed E-state index contributed by atoms with van der Waals surface area (Å²) in [7, 11) is 1.30. The first kappa shape index (κ1) is 9.43. The maximum atomic E-state index is 13.7. The molecule has 1 saturated heterocycles.